The largest absolute Gasteiger partial charge is 0.573 e. The monoisotopic (exact) mass is 522 g/mol. The van der Waals surface area contributed by atoms with Crippen LogP contribution in [-0.4, -0.2) is 24.9 Å². The third-order valence-electron chi connectivity index (χ3n) is 5.87. The Labute approximate surface area is 217 Å². The van der Waals surface area contributed by atoms with Crippen LogP contribution in [0, 0.1) is 0 Å². The minimum atomic E-state index is -4.78. The molecule has 0 fully saturated rings. The highest BCUT2D eigenvalue weighted by Gasteiger charge is 2.31. The third kappa shape index (κ3) is 12.7. The zero-order chi connectivity index (χ0) is 26.9. The average molecular weight is 523 g/mol. The number of rotatable bonds is 17. The number of ether oxygens (including phenoxy) is 3. The van der Waals surface area contributed by atoms with Crippen molar-refractivity contribution in [2.45, 2.75) is 90.5 Å². The number of hydrogen-bond donors (Lipinski definition) is 0. The van der Waals surface area contributed by atoms with Crippen LogP contribution in [0.15, 0.2) is 48.5 Å². The van der Waals surface area contributed by atoms with Crippen molar-refractivity contribution in [3.05, 3.63) is 65.2 Å². The van der Waals surface area contributed by atoms with Gasteiger partial charge in [-0.2, -0.15) is 0 Å². The van der Waals surface area contributed by atoms with Crippen molar-refractivity contribution in [3.63, 3.8) is 0 Å². The van der Waals surface area contributed by atoms with E-state index in [9.17, 15) is 22.8 Å². The van der Waals surface area contributed by atoms with Crippen LogP contribution >= 0.6 is 0 Å². The molecule has 2 rings (SSSR count). The Balaban J connectivity index is 1.70. The third-order valence-corrected chi connectivity index (χ3v) is 5.87. The maximum Gasteiger partial charge on any atom is 0.573 e. The first-order chi connectivity index (χ1) is 17.8. The summed E-state index contributed by atoms with van der Waals surface area (Å²) >= 11 is 0. The van der Waals surface area contributed by atoms with E-state index in [0.29, 0.717) is 5.56 Å². The summed E-state index contributed by atoms with van der Waals surface area (Å²) in [7, 11) is 0. The van der Waals surface area contributed by atoms with Gasteiger partial charge in [-0.05, 0) is 36.2 Å². The molecule has 0 aliphatic carbocycles. The summed E-state index contributed by atoms with van der Waals surface area (Å²) < 4.78 is 51.2. The Kier molecular flexibility index (Phi) is 13.6. The van der Waals surface area contributed by atoms with Crippen molar-refractivity contribution in [1.82, 2.24) is 0 Å². The van der Waals surface area contributed by atoms with Crippen molar-refractivity contribution in [2.24, 2.45) is 0 Å². The lowest BCUT2D eigenvalue weighted by atomic mass is 10.1. The lowest BCUT2D eigenvalue weighted by Crippen LogP contribution is -2.17. The second-order valence-corrected chi connectivity index (χ2v) is 8.98. The fourth-order valence-electron chi connectivity index (χ4n) is 3.86. The molecule has 0 saturated heterocycles. The van der Waals surface area contributed by atoms with Crippen LogP contribution in [0.1, 0.15) is 104 Å². The molecule has 0 aliphatic heterocycles. The van der Waals surface area contributed by atoms with Crippen LogP contribution in [-0.2, 0) is 16.1 Å². The Hall–Kier alpha value is -3.03. The highest BCUT2D eigenvalue weighted by atomic mass is 19.4. The van der Waals surface area contributed by atoms with E-state index < -0.39 is 18.3 Å². The molecule has 2 aromatic rings. The maximum absolute atomic E-state index is 12.6. The molecule has 37 heavy (non-hydrogen) atoms. The molecule has 0 radical (unpaired) electrons. The Morgan fingerprint density at radius 1 is 0.676 bits per heavy atom. The highest BCUT2D eigenvalue weighted by molar-refractivity contribution is 6.03. The van der Waals surface area contributed by atoms with Gasteiger partial charge in [-0.15, -0.1) is 13.2 Å². The van der Waals surface area contributed by atoms with Gasteiger partial charge in [0.15, 0.2) is 0 Å². The number of carbonyl (C=O) groups excluding carboxylic acids is 2. The number of alkyl halides is 3. The average Bonchev–Trinajstić information content (AvgIpc) is 2.87. The fraction of sp³-hybridized carbons (Fsp3) is 0.517. The van der Waals surface area contributed by atoms with E-state index in [1.165, 1.54) is 75.6 Å². The lowest BCUT2D eigenvalue weighted by Gasteiger charge is -2.11. The summed E-state index contributed by atoms with van der Waals surface area (Å²) in [5.41, 5.74) is 0.660. The van der Waals surface area contributed by atoms with Crippen molar-refractivity contribution >= 4 is 11.9 Å². The standard InChI is InChI=1S/C29H37F3O5/c1-2-3-4-5-6-7-8-9-10-11-14-21-35-27(33)25-15-12-13-16-26(25)28(34)36-22-23-17-19-24(20-18-23)37-29(30,31)32/h12-13,15-20H,2-11,14,21-22H2,1H3. The van der Waals surface area contributed by atoms with Gasteiger partial charge in [-0.25, -0.2) is 9.59 Å². The molecule has 0 unspecified atom stereocenters. The molecule has 204 valence electrons. The van der Waals surface area contributed by atoms with Gasteiger partial charge in [0, 0.05) is 0 Å². The van der Waals surface area contributed by atoms with E-state index >= 15 is 0 Å². The minimum Gasteiger partial charge on any atom is -0.462 e. The van der Waals surface area contributed by atoms with Crippen LogP contribution in [0.4, 0.5) is 13.2 Å². The second-order valence-electron chi connectivity index (χ2n) is 8.98. The van der Waals surface area contributed by atoms with E-state index in [-0.39, 0.29) is 30.1 Å². The van der Waals surface area contributed by atoms with Crippen molar-refractivity contribution < 1.29 is 37.0 Å². The van der Waals surface area contributed by atoms with Gasteiger partial charge in [0.2, 0.25) is 0 Å². The van der Waals surface area contributed by atoms with Crippen LogP contribution in [0.2, 0.25) is 0 Å². The van der Waals surface area contributed by atoms with E-state index in [0.717, 1.165) is 31.4 Å². The molecule has 0 N–H and O–H groups in total. The van der Waals surface area contributed by atoms with Gasteiger partial charge in [-0.1, -0.05) is 95.4 Å². The molecule has 0 spiro atoms. The van der Waals surface area contributed by atoms with Gasteiger partial charge in [0.1, 0.15) is 12.4 Å². The SMILES string of the molecule is CCCCCCCCCCCCCOC(=O)c1ccccc1C(=O)OCc1ccc(OC(F)(F)F)cc1. The number of unbranched alkanes of at least 4 members (excludes halogenated alkanes) is 10. The molecule has 0 heterocycles. The van der Waals surface area contributed by atoms with E-state index in [1.54, 1.807) is 12.1 Å². The summed E-state index contributed by atoms with van der Waals surface area (Å²) in [6, 6.07) is 11.2. The molecule has 8 heteroatoms. The molecule has 0 bridgehead atoms. The summed E-state index contributed by atoms with van der Waals surface area (Å²) in [5, 5.41) is 0. The Morgan fingerprint density at radius 3 is 1.68 bits per heavy atom. The predicted octanol–water partition coefficient (Wildman–Crippen LogP) is 8.41. The van der Waals surface area contributed by atoms with Gasteiger partial charge in [0.05, 0.1) is 17.7 Å². The minimum absolute atomic E-state index is 0.0726. The number of hydrogen-bond acceptors (Lipinski definition) is 5. The number of carbonyl (C=O) groups is 2. The van der Waals surface area contributed by atoms with Gasteiger partial charge in [-0.3, -0.25) is 0 Å². The molecule has 2 aromatic carbocycles. The molecule has 0 aliphatic rings. The zero-order valence-corrected chi connectivity index (χ0v) is 21.5. The quantitative estimate of drug-likeness (QED) is 0.154. The van der Waals surface area contributed by atoms with E-state index in [2.05, 4.69) is 11.7 Å². The number of benzene rings is 2. The molecule has 0 amide bonds. The van der Waals surface area contributed by atoms with Crippen LogP contribution in [0.25, 0.3) is 0 Å². The second kappa shape index (κ2) is 16.7. The molecule has 5 nitrogen and oxygen atoms in total. The zero-order valence-electron chi connectivity index (χ0n) is 21.5. The Bertz CT molecular complexity index is 941. The summed E-state index contributed by atoms with van der Waals surface area (Å²) in [6.45, 7) is 2.33. The Morgan fingerprint density at radius 2 is 1.16 bits per heavy atom. The maximum atomic E-state index is 12.6. The normalized spacial score (nSPS) is 11.2. The first kappa shape index (κ1) is 30.2. The van der Waals surface area contributed by atoms with Crippen molar-refractivity contribution in [1.29, 1.82) is 0 Å². The molecule has 0 atom stereocenters. The van der Waals surface area contributed by atoms with Crippen LogP contribution in [0.3, 0.4) is 0 Å². The van der Waals surface area contributed by atoms with Crippen LogP contribution < -0.4 is 4.74 Å². The summed E-state index contributed by atoms with van der Waals surface area (Å²) in [5.74, 6) is -1.68. The lowest BCUT2D eigenvalue weighted by molar-refractivity contribution is -0.274. The van der Waals surface area contributed by atoms with Gasteiger partial charge in [0.25, 0.3) is 0 Å². The predicted molar refractivity (Wildman–Crippen MR) is 135 cm³/mol. The first-order valence-corrected chi connectivity index (χ1v) is 13.1. The van der Waals surface area contributed by atoms with Gasteiger partial charge >= 0.3 is 18.3 Å². The summed E-state index contributed by atoms with van der Waals surface area (Å²) in [4.78, 5) is 25.1. The molecular formula is C29H37F3O5. The number of halogens is 3. The topological polar surface area (TPSA) is 61.8 Å². The molecule has 0 saturated carbocycles. The fourth-order valence-corrected chi connectivity index (χ4v) is 3.86. The number of esters is 2. The molecular weight excluding hydrogens is 485 g/mol. The smallest absolute Gasteiger partial charge is 0.462 e. The van der Waals surface area contributed by atoms with Crippen molar-refractivity contribution in [2.75, 3.05) is 6.61 Å². The van der Waals surface area contributed by atoms with Crippen molar-refractivity contribution in [3.8, 4) is 5.75 Å². The van der Waals surface area contributed by atoms with Crippen LogP contribution in [0.5, 0.6) is 5.75 Å². The molecule has 0 aromatic heterocycles. The first-order valence-electron chi connectivity index (χ1n) is 13.1. The van der Waals surface area contributed by atoms with Gasteiger partial charge < -0.3 is 14.2 Å². The van der Waals surface area contributed by atoms with E-state index in [4.69, 9.17) is 9.47 Å². The van der Waals surface area contributed by atoms with E-state index in [1.807, 2.05) is 0 Å². The highest BCUT2D eigenvalue weighted by Crippen LogP contribution is 2.23. The summed E-state index contributed by atoms with van der Waals surface area (Å²) in [6.07, 6.45) is 8.36.